The number of amides is 1. The number of carbonyl (C=O) groups is 3. The van der Waals surface area contributed by atoms with Crippen molar-refractivity contribution in [3.8, 4) is 0 Å². The molecule has 7 nitrogen and oxygen atoms in total. The third-order valence-corrected chi connectivity index (χ3v) is 5.82. The molecule has 4 atom stereocenters. The maximum Gasteiger partial charge on any atom is 0.324 e. The van der Waals surface area contributed by atoms with Crippen LogP contribution in [0.15, 0.2) is 30.3 Å². The Balaban J connectivity index is 2.71. The summed E-state index contributed by atoms with van der Waals surface area (Å²) in [7, 11) is 0. The molecular formula is C21H32N2O5S. The fourth-order valence-electron chi connectivity index (χ4n) is 2.59. The van der Waals surface area contributed by atoms with Crippen molar-refractivity contribution in [2.75, 3.05) is 18.1 Å². The van der Waals surface area contributed by atoms with E-state index in [1.807, 2.05) is 18.2 Å². The fraction of sp³-hybridized carbons (Fsp3) is 0.571. The minimum atomic E-state index is -1.03. The predicted octanol–water partition coefficient (Wildman–Crippen LogP) is 2.56. The molecular weight excluding hydrogens is 392 g/mol. The first kappa shape index (κ1) is 25.0. The van der Waals surface area contributed by atoms with E-state index in [9.17, 15) is 14.4 Å². The molecule has 0 aromatic heterocycles. The van der Waals surface area contributed by atoms with E-state index >= 15 is 0 Å². The second kappa shape index (κ2) is 13.2. The van der Waals surface area contributed by atoms with Crippen molar-refractivity contribution in [1.29, 1.82) is 0 Å². The monoisotopic (exact) mass is 424 g/mol. The smallest absolute Gasteiger partial charge is 0.324 e. The second-order valence-corrected chi connectivity index (χ2v) is 7.98. The number of esters is 1. The van der Waals surface area contributed by atoms with E-state index in [1.54, 1.807) is 19.1 Å². The Hall–Kier alpha value is -2.06. The number of carbonyl (C=O) groups excluding carboxylic acids is 2. The van der Waals surface area contributed by atoms with Gasteiger partial charge in [-0.15, -0.1) is 0 Å². The van der Waals surface area contributed by atoms with Crippen LogP contribution in [0.25, 0.3) is 0 Å². The summed E-state index contributed by atoms with van der Waals surface area (Å²) in [4.78, 5) is 35.8. The summed E-state index contributed by atoms with van der Waals surface area (Å²) < 4.78 is 5.06. The number of ether oxygens (including phenoxy) is 1. The molecule has 0 aliphatic heterocycles. The first-order chi connectivity index (χ1) is 13.8. The Labute approximate surface area is 177 Å². The van der Waals surface area contributed by atoms with Crippen LogP contribution in [-0.4, -0.2) is 59.2 Å². The van der Waals surface area contributed by atoms with Crippen LogP contribution in [0.3, 0.4) is 0 Å². The Morgan fingerprint density at radius 1 is 1.10 bits per heavy atom. The van der Waals surface area contributed by atoms with Crippen LogP contribution < -0.4 is 10.6 Å². The molecule has 1 amide bonds. The number of hydrogen-bond donors (Lipinski definition) is 3. The van der Waals surface area contributed by atoms with Crippen LogP contribution in [0.5, 0.6) is 0 Å². The molecule has 1 aromatic carbocycles. The molecule has 0 spiro atoms. The molecule has 0 saturated heterocycles. The molecule has 0 aliphatic rings. The fourth-order valence-corrected chi connectivity index (χ4v) is 3.86. The highest BCUT2D eigenvalue weighted by atomic mass is 32.2. The Bertz CT molecular complexity index is 656. The lowest BCUT2D eigenvalue weighted by Gasteiger charge is -2.25. The summed E-state index contributed by atoms with van der Waals surface area (Å²) >= 11 is 1.49. The number of thioether (sulfide) groups is 1. The average Bonchev–Trinajstić information content (AvgIpc) is 2.71. The van der Waals surface area contributed by atoms with E-state index in [4.69, 9.17) is 9.84 Å². The number of carboxylic acids is 1. The van der Waals surface area contributed by atoms with Crippen LogP contribution in [-0.2, 0) is 14.3 Å². The zero-order valence-electron chi connectivity index (χ0n) is 17.5. The molecule has 1 unspecified atom stereocenters. The Kier molecular flexibility index (Phi) is 11.4. The van der Waals surface area contributed by atoms with Crippen molar-refractivity contribution in [2.24, 2.45) is 5.92 Å². The zero-order valence-corrected chi connectivity index (χ0v) is 18.3. The van der Waals surface area contributed by atoms with E-state index < -0.39 is 24.0 Å². The third kappa shape index (κ3) is 8.87. The minimum Gasteiger partial charge on any atom is -0.480 e. The van der Waals surface area contributed by atoms with E-state index in [0.29, 0.717) is 17.1 Å². The summed E-state index contributed by atoms with van der Waals surface area (Å²) in [6.07, 6.45) is 0.899. The number of hydrogen-bond acceptors (Lipinski definition) is 6. The van der Waals surface area contributed by atoms with Crippen molar-refractivity contribution in [3.63, 3.8) is 0 Å². The predicted molar refractivity (Wildman–Crippen MR) is 115 cm³/mol. The van der Waals surface area contributed by atoms with Crippen molar-refractivity contribution in [2.45, 2.75) is 52.2 Å². The molecule has 0 aliphatic carbocycles. The van der Waals surface area contributed by atoms with Crippen LogP contribution in [0, 0.1) is 5.92 Å². The minimum absolute atomic E-state index is 0.0718. The summed E-state index contributed by atoms with van der Waals surface area (Å²) in [6.45, 7) is 7.56. The first-order valence-electron chi connectivity index (χ1n) is 9.89. The molecule has 162 valence electrons. The number of rotatable bonds is 13. The molecule has 0 fully saturated rings. The van der Waals surface area contributed by atoms with Crippen molar-refractivity contribution in [3.05, 3.63) is 35.9 Å². The van der Waals surface area contributed by atoms with Gasteiger partial charge in [-0.05, 0) is 31.9 Å². The number of nitrogens with one attached hydrogen (secondary N) is 2. The topological polar surface area (TPSA) is 105 Å². The maximum atomic E-state index is 12.5. The highest BCUT2D eigenvalue weighted by Gasteiger charge is 2.26. The molecule has 1 rings (SSSR count). The lowest BCUT2D eigenvalue weighted by Crippen LogP contribution is -2.48. The summed E-state index contributed by atoms with van der Waals surface area (Å²) in [6, 6.07) is 7.37. The summed E-state index contributed by atoms with van der Waals surface area (Å²) in [5.41, 5.74) is 0.604. The van der Waals surface area contributed by atoms with E-state index in [0.717, 1.165) is 6.42 Å². The number of carboxylic acid groups (broad SMARTS) is 1. The molecule has 8 heteroatoms. The quantitative estimate of drug-likeness (QED) is 0.418. The molecule has 29 heavy (non-hydrogen) atoms. The lowest BCUT2D eigenvalue weighted by atomic mass is 10.0. The van der Waals surface area contributed by atoms with Gasteiger partial charge < -0.3 is 15.2 Å². The van der Waals surface area contributed by atoms with Gasteiger partial charge in [0.15, 0.2) is 0 Å². The Morgan fingerprint density at radius 3 is 2.31 bits per heavy atom. The summed E-state index contributed by atoms with van der Waals surface area (Å²) in [5, 5.41) is 15.0. The highest BCUT2D eigenvalue weighted by Crippen LogP contribution is 2.16. The lowest BCUT2D eigenvalue weighted by molar-refractivity contribution is -0.146. The van der Waals surface area contributed by atoms with Crippen LogP contribution >= 0.6 is 11.8 Å². The third-order valence-electron chi connectivity index (χ3n) is 4.66. The van der Waals surface area contributed by atoms with Gasteiger partial charge in [-0.25, -0.2) is 0 Å². The van der Waals surface area contributed by atoms with Crippen LogP contribution in [0.2, 0.25) is 0 Å². The van der Waals surface area contributed by atoms with Gasteiger partial charge in [0.05, 0.1) is 6.61 Å². The summed E-state index contributed by atoms with van der Waals surface area (Å²) in [5.74, 6) is -0.423. The Morgan fingerprint density at radius 2 is 1.76 bits per heavy atom. The van der Waals surface area contributed by atoms with E-state index in [2.05, 4.69) is 24.5 Å². The normalized spacial score (nSPS) is 15.0. The standard InChI is InChI=1S/C21H32N2O5S/c1-5-14(3)17(23-19(24)16-10-8-7-9-11-16)12-29-13-18(21(27)28-6-2)22-15(4)20(25)26/h7-11,14-15,17-18,22H,5-6,12-13H2,1-4H3,(H,23,24)(H,25,26)/t14-,15?,17+,18-/m0/s1. The second-order valence-electron chi connectivity index (χ2n) is 6.90. The molecule has 0 heterocycles. The van der Waals surface area contributed by atoms with Crippen LogP contribution in [0.4, 0.5) is 0 Å². The van der Waals surface area contributed by atoms with Gasteiger partial charge in [0.1, 0.15) is 12.1 Å². The van der Waals surface area contributed by atoms with Gasteiger partial charge in [-0.1, -0.05) is 38.5 Å². The molecule has 1 aromatic rings. The van der Waals surface area contributed by atoms with Gasteiger partial charge in [0, 0.05) is 23.1 Å². The van der Waals surface area contributed by atoms with Crippen molar-refractivity contribution < 1.29 is 24.2 Å². The zero-order chi connectivity index (χ0) is 21.8. The SMILES string of the molecule is CCOC(=O)[C@H](CSC[C@@H](NC(=O)c1ccccc1)[C@@H](C)CC)NC(C)C(=O)O. The van der Waals surface area contributed by atoms with Gasteiger partial charge in [-0.2, -0.15) is 11.8 Å². The number of benzene rings is 1. The van der Waals surface area contributed by atoms with Crippen molar-refractivity contribution >= 4 is 29.6 Å². The highest BCUT2D eigenvalue weighted by molar-refractivity contribution is 7.99. The average molecular weight is 425 g/mol. The van der Waals surface area contributed by atoms with E-state index in [-0.39, 0.29) is 24.5 Å². The largest absolute Gasteiger partial charge is 0.480 e. The van der Waals surface area contributed by atoms with Gasteiger partial charge >= 0.3 is 11.9 Å². The molecule has 3 N–H and O–H groups in total. The van der Waals surface area contributed by atoms with Gasteiger partial charge in [0.25, 0.3) is 5.91 Å². The van der Waals surface area contributed by atoms with Crippen LogP contribution in [0.1, 0.15) is 44.5 Å². The molecule has 0 bridgehead atoms. The van der Waals surface area contributed by atoms with E-state index in [1.165, 1.54) is 18.7 Å². The molecule has 0 radical (unpaired) electrons. The maximum absolute atomic E-state index is 12.5. The van der Waals surface area contributed by atoms with Crippen molar-refractivity contribution in [1.82, 2.24) is 10.6 Å². The first-order valence-corrected chi connectivity index (χ1v) is 11.0. The van der Waals surface area contributed by atoms with Gasteiger partial charge in [0.2, 0.25) is 0 Å². The number of aliphatic carboxylic acids is 1. The van der Waals surface area contributed by atoms with Gasteiger partial charge in [-0.3, -0.25) is 19.7 Å². The molecule has 0 saturated carbocycles.